The van der Waals surface area contributed by atoms with Crippen LogP contribution in [-0.4, -0.2) is 39.8 Å². The molecule has 1 amide bonds. The summed E-state index contributed by atoms with van der Waals surface area (Å²) in [6.45, 7) is 3.97. The lowest BCUT2D eigenvalue weighted by atomic mass is 10.2. The summed E-state index contributed by atoms with van der Waals surface area (Å²) in [5.74, 6) is -1.39. The number of aryl methyl sites for hydroxylation is 1. The van der Waals surface area contributed by atoms with E-state index in [9.17, 15) is 26.4 Å². The van der Waals surface area contributed by atoms with Gasteiger partial charge in [0.2, 0.25) is 20.9 Å². The highest BCUT2D eigenvalue weighted by Crippen LogP contribution is 2.32. The molecule has 0 aliphatic rings. The van der Waals surface area contributed by atoms with E-state index in [4.69, 9.17) is 0 Å². The maximum atomic E-state index is 13.4. The highest BCUT2D eigenvalue weighted by Gasteiger charge is 2.35. The summed E-state index contributed by atoms with van der Waals surface area (Å²) in [4.78, 5) is 20.1. The summed E-state index contributed by atoms with van der Waals surface area (Å²) in [5.41, 5.74) is 1.17. The van der Waals surface area contributed by atoms with E-state index in [-0.39, 0.29) is 5.69 Å². The van der Waals surface area contributed by atoms with Gasteiger partial charge in [0, 0.05) is 6.42 Å². The molecule has 3 heterocycles. The summed E-state index contributed by atoms with van der Waals surface area (Å²) in [7, 11) is -4.40. The maximum absolute atomic E-state index is 13.4. The number of nitrogens with zero attached hydrogens (tertiary/aromatic N) is 4. The third-order valence-corrected chi connectivity index (χ3v) is 7.84. The lowest BCUT2D eigenvalue weighted by Gasteiger charge is -2.11. The number of thiophene rings is 1. The molecule has 0 unspecified atom stereocenters. The predicted molar refractivity (Wildman–Crippen MR) is 133 cm³/mol. The Morgan fingerprint density at radius 2 is 1.81 bits per heavy atom. The molecule has 194 valence electrons. The van der Waals surface area contributed by atoms with E-state index in [1.807, 2.05) is 30.3 Å². The van der Waals surface area contributed by atoms with Crippen molar-refractivity contribution in [3.8, 4) is 10.6 Å². The second kappa shape index (κ2) is 10.4. The molecule has 0 aliphatic carbocycles. The van der Waals surface area contributed by atoms with Gasteiger partial charge in [0.15, 0.2) is 0 Å². The van der Waals surface area contributed by atoms with Gasteiger partial charge in [0.05, 0.1) is 39.9 Å². The van der Waals surface area contributed by atoms with Crippen LogP contribution in [0.2, 0.25) is 0 Å². The largest absolute Gasteiger partial charge is 0.433 e. The van der Waals surface area contributed by atoms with Gasteiger partial charge in [-0.05, 0) is 36.9 Å². The standard InChI is InChI=1S/C24H22F3N5O3S2/c1-15-22(16(2)32(31-15)14-17-7-4-3-5-8-17)30-21(33)10-12-37(34,35)23-28-18(19-9-6-11-36-19)13-20(29-23)24(25,26)27/h3-9,11,13H,10,12,14H2,1-2H3,(H,30,33). The Morgan fingerprint density at radius 3 is 2.46 bits per heavy atom. The molecule has 1 aromatic carbocycles. The Hall–Kier alpha value is -3.58. The molecule has 4 aromatic rings. The van der Waals surface area contributed by atoms with Crippen LogP contribution in [0.25, 0.3) is 10.6 Å². The smallest absolute Gasteiger partial charge is 0.323 e. The molecule has 3 aromatic heterocycles. The number of carbonyl (C=O) groups is 1. The maximum Gasteiger partial charge on any atom is 0.433 e. The first-order valence-electron chi connectivity index (χ1n) is 11.0. The van der Waals surface area contributed by atoms with Crippen LogP contribution in [0, 0.1) is 13.8 Å². The number of hydrogen-bond donors (Lipinski definition) is 1. The highest BCUT2D eigenvalue weighted by molar-refractivity contribution is 7.91. The number of alkyl halides is 3. The van der Waals surface area contributed by atoms with Crippen molar-refractivity contribution in [3.63, 3.8) is 0 Å². The number of rotatable bonds is 8. The third kappa shape index (κ3) is 6.23. The number of nitrogens with one attached hydrogen (secondary N) is 1. The topological polar surface area (TPSA) is 107 Å². The number of anilines is 1. The molecular weight excluding hydrogens is 527 g/mol. The molecule has 0 aliphatic heterocycles. The quantitative estimate of drug-likeness (QED) is 0.314. The molecule has 0 fully saturated rings. The van der Waals surface area contributed by atoms with E-state index < -0.39 is 44.9 Å². The van der Waals surface area contributed by atoms with Crippen molar-refractivity contribution in [2.45, 2.75) is 38.1 Å². The van der Waals surface area contributed by atoms with Crippen LogP contribution in [-0.2, 0) is 27.4 Å². The second-order valence-electron chi connectivity index (χ2n) is 8.20. The predicted octanol–water partition coefficient (Wildman–Crippen LogP) is 4.89. The average molecular weight is 550 g/mol. The molecule has 0 bridgehead atoms. The summed E-state index contributed by atoms with van der Waals surface area (Å²) in [6, 6.07) is 13.4. The fourth-order valence-corrected chi connectivity index (χ4v) is 5.37. The van der Waals surface area contributed by atoms with E-state index in [2.05, 4.69) is 20.4 Å². The molecule has 0 spiro atoms. The van der Waals surface area contributed by atoms with Crippen molar-refractivity contribution in [3.05, 3.63) is 76.6 Å². The zero-order chi connectivity index (χ0) is 26.8. The van der Waals surface area contributed by atoms with Gasteiger partial charge >= 0.3 is 6.18 Å². The van der Waals surface area contributed by atoms with Crippen LogP contribution in [0.15, 0.2) is 59.1 Å². The Labute approximate surface area is 215 Å². The number of hydrogen-bond acceptors (Lipinski definition) is 7. The number of carbonyl (C=O) groups excluding carboxylic acids is 1. The number of halogens is 3. The van der Waals surface area contributed by atoms with Crippen molar-refractivity contribution < 1.29 is 26.4 Å². The third-order valence-electron chi connectivity index (χ3n) is 5.47. The SMILES string of the molecule is Cc1nn(Cc2ccccc2)c(C)c1NC(=O)CCS(=O)(=O)c1nc(-c2cccs2)cc(C(F)(F)F)n1. The van der Waals surface area contributed by atoms with Crippen LogP contribution in [0.3, 0.4) is 0 Å². The first-order valence-corrected chi connectivity index (χ1v) is 13.6. The summed E-state index contributed by atoms with van der Waals surface area (Å²) >= 11 is 1.11. The average Bonchev–Trinajstić information content (AvgIpc) is 3.48. The van der Waals surface area contributed by atoms with E-state index in [0.29, 0.717) is 34.6 Å². The van der Waals surface area contributed by atoms with Crippen molar-refractivity contribution in [2.75, 3.05) is 11.1 Å². The molecule has 0 saturated heterocycles. The highest BCUT2D eigenvalue weighted by atomic mass is 32.2. The van der Waals surface area contributed by atoms with Crippen LogP contribution < -0.4 is 5.32 Å². The van der Waals surface area contributed by atoms with Crippen LogP contribution in [0.1, 0.15) is 29.1 Å². The van der Waals surface area contributed by atoms with Gasteiger partial charge in [0.25, 0.3) is 0 Å². The molecule has 0 atom stereocenters. The Bertz CT molecular complexity index is 1520. The van der Waals surface area contributed by atoms with E-state index in [1.165, 1.54) is 6.07 Å². The van der Waals surface area contributed by atoms with Crippen molar-refractivity contribution in [1.82, 2.24) is 19.7 Å². The molecule has 8 nitrogen and oxygen atoms in total. The van der Waals surface area contributed by atoms with Crippen molar-refractivity contribution in [2.24, 2.45) is 0 Å². The van der Waals surface area contributed by atoms with Crippen LogP contribution in [0.4, 0.5) is 18.9 Å². The van der Waals surface area contributed by atoms with Gasteiger partial charge in [-0.3, -0.25) is 9.48 Å². The first kappa shape index (κ1) is 26.5. The Morgan fingerprint density at radius 1 is 1.08 bits per heavy atom. The van der Waals surface area contributed by atoms with Gasteiger partial charge in [-0.25, -0.2) is 18.4 Å². The molecule has 1 N–H and O–H groups in total. The zero-order valence-electron chi connectivity index (χ0n) is 19.8. The minimum Gasteiger partial charge on any atom is -0.323 e. The number of benzene rings is 1. The second-order valence-corrected chi connectivity index (χ2v) is 11.2. The monoisotopic (exact) mass is 549 g/mol. The van der Waals surface area contributed by atoms with Crippen molar-refractivity contribution >= 4 is 32.8 Å². The molecular formula is C24H22F3N5O3S2. The summed E-state index contributed by atoms with van der Waals surface area (Å²) in [6.07, 6.45) is -5.37. The van der Waals surface area contributed by atoms with Crippen LogP contribution in [0.5, 0.6) is 0 Å². The summed E-state index contributed by atoms with van der Waals surface area (Å²) in [5, 5.41) is 7.78. The van der Waals surface area contributed by atoms with Crippen molar-refractivity contribution in [1.29, 1.82) is 0 Å². The molecule has 4 rings (SSSR count). The fraction of sp³-hybridized carbons (Fsp3) is 0.250. The lowest BCUT2D eigenvalue weighted by molar-refractivity contribution is -0.141. The normalized spacial score (nSPS) is 12.0. The number of sulfone groups is 1. The van der Waals surface area contributed by atoms with Gasteiger partial charge in [-0.1, -0.05) is 36.4 Å². The van der Waals surface area contributed by atoms with Gasteiger partial charge in [0.1, 0.15) is 5.69 Å². The van der Waals surface area contributed by atoms with E-state index >= 15 is 0 Å². The molecule has 0 radical (unpaired) electrons. The molecule has 37 heavy (non-hydrogen) atoms. The molecule has 13 heteroatoms. The van der Waals surface area contributed by atoms with E-state index in [0.717, 1.165) is 16.9 Å². The Kier molecular flexibility index (Phi) is 7.46. The van der Waals surface area contributed by atoms with Gasteiger partial charge in [-0.2, -0.15) is 18.3 Å². The van der Waals surface area contributed by atoms with Gasteiger partial charge in [-0.15, -0.1) is 11.3 Å². The zero-order valence-corrected chi connectivity index (χ0v) is 21.4. The Balaban J connectivity index is 1.50. The molecule has 0 saturated carbocycles. The summed E-state index contributed by atoms with van der Waals surface area (Å²) < 4.78 is 67.6. The minimum atomic E-state index is -4.87. The van der Waals surface area contributed by atoms with E-state index in [1.54, 1.807) is 30.0 Å². The number of aromatic nitrogens is 4. The number of amides is 1. The first-order chi connectivity index (χ1) is 17.4. The van der Waals surface area contributed by atoms with Crippen LogP contribution >= 0.6 is 11.3 Å². The van der Waals surface area contributed by atoms with Gasteiger partial charge < -0.3 is 5.32 Å². The fourth-order valence-electron chi connectivity index (χ4n) is 3.57. The minimum absolute atomic E-state index is 0.155. The lowest BCUT2D eigenvalue weighted by Crippen LogP contribution is -2.21.